The molecule has 4 aliphatic rings. The van der Waals surface area contributed by atoms with E-state index in [9.17, 15) is 19.5 Å². The number of phenolic OH excluding ortho intramolecular Hbond substituents is 1. The molecule has 0 bridgehead atoms. The normalized spacial score (nSPS) is 27.8. The number of allylic oxidation sites excluding steroid dienone is 2. The molecule has 48 heavy (non-hydrogen) atoms. The van der Waals surface area contributed by atoms with E-state index in [1.165, 1.54) is 4.90 Å². The largest absolute Gasteiger partial charge is 0.508 e. The molecule has 1 saturated carbocycles. The Labute approximate surface area is 286 Å². The molecule has 0 spiro atoms. The number of carbonyl (C=O) groups is 4. The van der Waals surface area contributed by atoms with Gasteiger partial charge in [-0.1, -0.05) is 87.7 Å². The Balaban J connectivity index is 1.31. The molecule has 9 heteroatoms. The maximum atomic E-state index is 15.1. The fourth-order valence-corrected chi connectivity index (χ4v) is 8.94. The summed E-state index contributed by atoms with van der Waals surface area (Å²) in [6.45, 7) is 1.96. The van der Waals surface area contributed by atoms with Gasteiger partial charge in [0.25, 0.3) is 11.8 Å². The number of rotatable bonds is 5. The summed E-state index contributed by atoms with van der Waals surface area (Å²) in [7, 11) is 0. The molecule has 240 valence electrons. The number of hydrazine groups is 1. The lowest BCUT2D eigenvalue weighted by Gasteiger charge is -2.50. The zero-order valence-corrected chi connectivity index (χ0v) is 27.6. The lowest BCUT2D eigenvalue weighted by atomic mass is 9.49. The highest BCUT2D eigenvalue weighted by Gasteiger charge is 2.70. The Kier molecular flexibility index (Phi) is 7.14. The quantitative estimate of drug-likeness (QED) is 0.178. The number of hydrogen-bond donors (Lipinski definition) is 2. The molecule has 8 nitrogen and oxygen atoms in total. The van der Waals surface area contributed by atoms with Crippen molar-refractivity contribution >= 4 is 50.9 Å². The molecule has 2 aliphatic carbocycles. The molecule has 2 saturated heterocycles. The summed E-state index contributed by atoms with van der Waals surface area (Å²) >= 11 is 3.43. The third-order valence-corrected chi connectivity index (χ3v) is 11.2. The van der Waals surface area contributed by atoms with Crippen LogP contribution in [0.4, 0.5) is 11.4 Å². The van der Waals surface area contributed by atoms with E-state index >= 15 is 4.79 Å². The lowest BCUT2D eigenvalue weighted by Crippen LogP contribution is -2.53. The third kappa shape index (κ3) is 4.40. The summed E-state index contributed by atoms with van der Waals surface area (Å²) in [4.78, 5) is 59.3. The van der Waals surface area contributed by atoms with Crippen molar-refractivity contribution in [1.29, 1.82) is 0 Å². The minimum absolute atomic E-state index is 0.0311. The first kappa shape index (κ1) is 30.3. The highest BCUT2D eigenvalue weighted by atomic mass is 79.9. The molecule has 0 radical (unpaired) electrons. The monoisotopic (exact) mass is 701 g/mol. The Bertz CT molecular complexity index is 2010. The van der Waals surface area contributed by atoms with Crippen LogP contribution in [0, 0.1) is 30.6 Å². The van der Waals surface area contributed by atoms with Crippen molar-refractivity contribution in [2.75, 3.05) is 10.3 Å². The minimum atomic E-state index is -1.38. The standard InChI is InChI=1S/C39H32BrN3O5/c1-22-10-14-26(15-11-22)41-43-36(46)32-21-31-29(18-19-30-33(31)37(47)42(35(30)45)27-16-12-25(40)13-17-27)34(23-6-5-9-28(44)20-23)39(32,38(43)48)24-7-3-2-4-8-24/h2-18,20,30-34,41,44H,19,21H2,1H3. The van der Waals surface area contributed by atoms with Crippen molar-refractivity contribution in [3.63, 3.8) is 0 Å². The number of nitrogens with one attached hydrogen (secondary N) is 1. The van der Waals surface area contributed by atoms with Gasteiger partial charge in [-0.2, -0.15) is 5.01 Å². The topological polar surface area (TPSA) is 107 Å². The fraction of sp³-hybridized carbons (Fsp3) is 0.231. The number of fused-ring (bicyclic) bond motifs is 4. The predicted molar refractivity (Wildman–Crippen MR) is 184 cm³/mol. The number of aryl methyl sites for hydroxylation is 1. The van der Waals surface area contributed by atoms with Crippen molar-refractivity contribution in [2.45, 2.75) is 31.1 Å². The molecule has 4 aromatic carbocycles. The zero-order chi connectivity index (χ0) is 33.3. The summed E-state index contributed by atoms with van der Waals surface area (Å²) in [6, 6.07) is 30.7. The van der Waals surface area contributed by atoms with E-state index in [2.05, 4.69) is 21.4 Å². The second kappa shape index (κ2) is 11.3. The lowest BCUT2D eigenvalue weighted by molar-refractivity contribution is -0.138. The van der Waals surface area contributed by atoms with E-state index in [0.29, 0.717) is 28.9 Å². The second-order valence-electron chi connectivity index (χ2n) is 13.2. The summed E-state index contributed by atoms with van der Waals surface area (Å²) in [5, 5.41) is 11.9. The number of carbonyl (C=O) groups excluding carboxylic acids is 4. The number of aromatic hydroxyl groups is 1. The van der Waals surface area contributed by atoms with Gasteiger partial charge in [-0.05, 0) is 85.3 Å². The zero-order valence-electron chi connectivity index (χ0n) is 26.0. The van der Waals surface area contributed by atoms with E-state index < -0.39 is 46.8 Å². The molecule has 6 atom stereocenters. The van der Waals surface area contributed by atoms with Crippen LogP contribution in [-0.4, -0.2) is 33.7 Å². The first-order valence-corrected chi connectivity index (χ1v) is 16.9. The molecule has 0 aromatic heterocycles. The number of anilines is 2. The third-order valence-electron chi connectivity index (χ3n) is 10.7. The van der Waals surface area contributed by atoms with Crippen LogP contribution in [0.3, 0.4) is 0 Å². The number of hydrogen-bond acceptors (Lipinski definition) is 6. The molecule has 8 rings (SSSR count). The molecule has 4 amide bonds. The van der Waals surface area contributed by atoms with Crippen LogP contribution in [0.1, 0.15) is 35.4 Å². The Morgan fingerprint density at radius 1 is 0.812 bits per heavy atom. The van der Waals surface area contributed by atoms with E-state index in [0.717, 1.165) is 20.6 Å². The van der Waals surface area contributed by atoms with Gasteiger partial charge in [0.2, 0.25) is 11.8 Å². The van der Waals surface area contributed by atoms with Crippen molar-refractivity contribution in [1.82, 2.24) is 5.01 Å². The number of amides is 4. The van der Waals surface area contributed by atoms with Crippen LogP contribution < -0.4 is 10.3 Å². The molecule has 4 aromatic rings. The van der Waals surface area contributed by atoms with Crippen LogP contribution in [0.5, 0.6) is 5.75 Å². The molecule has 2 N–H and O–H groups in total. The first-order chi connectivity index (χ1) is 23.2. The highest BCUT2D eigenvalue weighted by molar-refractivity contribution is 9.10. The summed E-state index contributed by atoms with van der Waals surface area (Å²) in [5.41, 5.74) is 6.06. The van der Waals surface area contributed by atoms with Gasteiger partial charge in [0.15, 0.2) is 0 Å². The smallest absolute Gasteiger partial charge is 0.260 e. The van der Waals surface area contributed by atoms with E-state index in [4.69, 9.17) is 0 Å². The molecule has 2 aliphatic heterocycles. The number of nitrogens with zero attached hydrogens (tertiary/aromatic N) is 2. The van der Waals surface area contributed by atoms with Crippen LogP contribution in [0.25, 0.3) is 0 Å². The average molecular weight is 703 g/mol. The Hall–Kier alpha value is -5.02. The minimum Gasteiger partial charge on any atom is -0.508 e. The van der Waals surface area contributed by atoms with E-state index in [-0.39, 0.29) is 24.0 Å². The Morgan fingerprint density at radius 2 is 1.54 bits per heavy atom. The van der Waals surface area contributed by atoms with Gasteiger partial charge in [-0.25, -0.2) is 0 Å². The number of phenols is 1. The predicted octanol–water partition coefficient (Wildman–Crippen LogP) is 6.65. The maximum Gasteiger partial charge on any atom is 0.260 e. The summed E-state index contributed by atoms with van der Waals surface area (Å²) in [6.07, 6.45) is 2.55. The van der Waals surface area contributed by atoms with Gasteiger partial charge in [0.1, 0.15) is 5.75 Å². The van der Waals surface area contributed by atoms with Gasteiger partial charge < -0.3 is 5.11 Å². The molecule has 2 heterocycles. The summed E-state index contributed by atoms with van der Waals surface area (Å²) < 4.78 is 0.832. The summed E-state index contributed by atoms with van der Waals surface area (Å²) in [5.74, 6) is -4.62. The van der Waals surface area contributed by atoms with Gasteiger partial charge >= 0.3 is 0 Å². The van der Waals surface area contributed by atoms with Crippen LogP contribution in [-0.2, 0) is 24.6 Å². The fourth-order valence-electron chi connectivity index (χ4n) is 8.67. The van der Waals surface area contributed by atoms with Crippen molar-refractivity contribution in [2.24, 2.45) is 23.7 Å². The average Bonchev–Trinajstić information content (AvgIpc) is 3.47. The van der Waals surface area contributed by atoms with Gasteiger partial charge in [0.05, 0.1) is 34.5 Å². The van der Waals surface area contributed by atoms with Gasteiger partial charge in [-0.15, -0.1) is 0 Å². The van der Waals surface area contributed by atoms with E-state index in [1.54, 1.807) is 42.5 Å². The van der Waals surface area contributed by atoms with Crippen LogP contribution in [0.15, 0.2) is 119 Å². The maximum absolute atomic E-state index is 15.1. The Morgan fingerprint density at radius 3 is 2.25 bits per heavy atom. The number of imide groups is 2. The molecular weight excluding hydrogens is 670 g/mol. The first-order valence-electron chi connectivity index (χ1n) is 16.1. The molecular formula is C39H32BrN3O5. The van der Waals surface area contributed by atoms with Crippen molar-refractivity contribution < 1.29 is 24.3 Å². The van der Waals surface area contributed by atoms with Gasteiger partial charge in [0, 0.05) is 10.4 Å². The van der Waals surface area contributed by atoms with Crippen LogP contribution >= 0.6 is 15.9 Å². The van der Waals surface area contributed by atoms with Crippen molar-refractivity contribution in [3.05, 3.63) is 136 Å². The highest BCUT2D eigenvalue weighted by Crippen LogP contribution is 2.64. The molecule has 3 fully saturated rings. The number of benzene rings is 4. The SMILES string of the molecule is Cc1ccc(NN2C(=O)C3CC4C(=CCC5C(=O)N(c6ccc(Br)cc6)C(=O)C54)C(c4cccc(O)c4)C3(c3ccccc3)C2=O)cc1. The molecule has 6 unspecified atom stereocenters. The second-order valence-corrected chi connectivity index (χ2v) is 14.1. The van der Waals surface area contributed by atoms with Crippen molar-refractivity contribution in [3.8, 4) is 5.75 Å². The van der Waals surface area contributed by atoms with E-state index in [1.807, 2.05) is 73.7 Å². The van der Waals surface area contributed by atoms with Crippen LogP contribution in [0.2, 0.25) is 0 Å². The number of halogens is 1. The van der Waals surface area contributed by atoms with Gasteiger partial charge in [-0.3, -0.25) is 29.5 Å².